The van der Waals surface area contributed by atoms with Crippen LogP contribution >= 0.6 is 23.2 Å². The van der Waals surface area contributed by atoms with Crippen molar-refractivity contribution in [1.29, 1.82) is 0 Å². The van der Waals surface area contributed by atoms with E-state index in [1.807, 2.05) is 12.1 Å². The van der Waals surface area contributed by atoms with Crippen molar-refractivity contribution >= 4 is 23.2 Å². The van der Waals surface area contributed by atoms with Gasteiger partial charge in [-0.05, 0) is 29.8 Å². The Morgan fingerprint density at radius 1 is 0.952 bits per heavy atom. The Balaban J connectivity index is 1.85. The van der Waals surface area contributed by atoms with E-state index in [1.165, 1.54) is 0 Å². The number of rotatable bonds is 2. The van der Waals surface area contributed by atoms with Gasteiger partial charge in [0.15, 0.2) is 0 Å². The molecule has 0 aromatic heterocycles. The number of hydrogen-bond acceptors (Lipinski definition) is 3. The van der Waals surface area contributed by atoms with Crippen LogP contribution in [-0.4, -0.2) is 11.4 Å². The maximum atomic E-state index is 11.8. The molecule has 21 heavy (non-hydrogen) atoms. The van der Waals surface area contributed by atoms with Crippen LogP contribution in [-0.2, 0) is 4.74 Å². The Bertz CT molecular complexity index is 656. The highest BCUT2D eigenvalue weighted by Gasteiger charge is 2.29. The minimum absolute atomic E-state index is 0.158. The van der Waals surface area contributed by atoms with Crippen LogP contribution in [0.15, 0.2) is 53.6 Å². The summed E-state index contributed by atoms with van der Waals surface area (Å²) in [6.07, 6.45) is -0.980. The molecule has 0 radical (unpaired) electrons. The van der Waals surface area contributed by atoms with Crippen molar-refractivity contribution in [2.45, 2.75) is 12.3 Å². The molecule has 1 heterocycles. The predicted octanol–water partition coefficient (Wildman–Crippen LogP) is 4.73. The fourth-order valence-electron chi connectivity index (χ4n) is 2.17. The van der Waals surface area contributed by atoms with Crippen molar-refractivity contribution in [3.05, 3.63) is 74.9 Å². The maximum absolute atomic E-state index is 11.8. The zero-order valence-electron chi connectivity index (χ0n) is 10.9. The van der Waals surface area contributed by atoms with Crippen LogP contribution in [0.3, 0.4) is 0 Å². The van der Waals surface area contributed by atoms with E-state index in [0.29, 0.717) is 14.9 Å². The van der Waals surface area contributed by atoms with Gasteiger partial charge in [0.05, 0.1) is 0 Å². The summed E-state index contributed by atoms with van der Waals surface area (Å²) in [6, 6.07) is 14.4. The fourth-order valence-corrected chi connectivity index (χ4v) is 2.42. The van der Waals surface area contributed by atoms with Crippen LogP contribution < -0.4 is 0 Å². The average molecular weight is 323 g/mol. The lowest BCUT2D eigenvalue weighted by atomic mass is 10.1. The number of nitrogens with zero attached hydrogens (tertiary/aromatic N) is 2. The Hall–Kier alpha value is -1.62. The predicted molar refractivity (Wildman–Crippen MR) is 80.4 cm³/mol. The summed E-state index contributed by atoms with van der Waals surface area (Å²) < 4.78 is 5.91. The third kappa shape index (κ3) is 3.35. The number of halogens is 2. The summed E-state index contributed by atoms with van der Waals surface area (Å²) in [5, 5.41) is 17.0. The lowest BCUT2D eigenvalue weighted by molar-refractivity contribution is -0.568. The Morgan fingerprint density at radius 2 is 1.48 bits per heavy atom. The van der Waals surface area contributed by atoms with Crippen LogP contribution in [0.4, 0.5) is 0 Å². The molecule has 0 spiro atoms. The molecule has 6 heteroatoms. The Labute approximate surface area is 132 Å². The van der Waals surface area contributed by atoms with Crippen molar-refractivity contribution in [3.63, 3.8) is 0 Å². The zero-order valence-corrected chi connectivity index (χ0v) is 12.5. The van der Waals surface area contributed by atoms with E-state index in [1.54, 1.807) is 36.4 Å². The quantitative estimate of drug-likeness (QED) is 0.593. The first kappa shape index (κ1) is 14.3. The third-order valence-corrected chi connectivity index (χ3v) is 3.75. The van der Waals surface area contributed by atoms with Crippen molar-refractivity contribution in [2.24, 2.45) is 5.11 Å². The van der Waals surface area contributed by atoms with Crippen molar-refractivity contribution in [2.75, 3.05) is 6.54 Å². The number of hydrogen-bond donors (Lipinski definition) is 0. The average Bonchev–Trinajstić information content (AvgIpc) is 2.48. The molecule has 0 amide bonds. The standard InChI is InChI=1S/C15H12Cl2N2O2/c16-12-5-1-10(2-6-12)14-9-19(20)18-15(21-14)11-3-7-13(17)8-4-11/h1-8,14-15H,9H2/t14-,15-/m1/s1. The summed E-state index contributed by atoms with van der Waals surface area (Å²) in [4.78, 5) is 0.669. The molecular weight excluding hydrogens is 311 g/mol. The second-order valence-corrected chi connectivity index (χ2v) is 5.60. The van der Waals surface area contributed by atoms with E-state index in [2.05, 4.69) is 5.11 Å². The van der Waals surface area contributed by atoms with E-state index in [0.717, 1.165) is 11.1 Å². The fraction of sp³-hybridized carbons (Fsp3) is 0.200. The summed E-state index contributed by atoms with van der Waals surface area (Å²) in [7, 11) is 0. The van der Waals surface area contributed by atoms with Crippen LogP contribution in [0.1, 0.15) is 23.5 Å². The van der Waals surface area contributed by atoms with E-state index >= 15 is 0 Å². The van der Waals surface area contributed by atoms with Crippen LogP contribution in [0.2, 0.25) is 10.0 Å². The molecule has 0 bridgehead atoms. The van der Waals surface area contributed by atoms with Gasteiger partial charge in [0.1, 0.15) is 6.10 Å². The maximum Gasteiger partial charge on any atom is 0.238 e. The molecule has 3 rings (SSSR count). The zero-order chi connectivity index (χ0) is 14.8. The number of ether oxygens (including phenoxy) is 1. The van der Waals surface area contributed by atoms with E-state index in [-0.39, 0.29) is 12.6 Å². The first-order chi connectivity index (χ1) is 10.1. The largest absolute Gasteiger partial charge is 0.600 e. The van der Waals surface area contributed by atoms with Crippen LogP contribution in [0, 0.1) is 5.21 Å². The Morgan fingerprint density at radius 3 is 2.05 bits per heavy atom. The van der Waals surface area contributed by atoms with Gasteiger partial charge in [-0.25, -0.2) is 0 Å². The molecule has 2 atom stereocenters. The van der Waals surface area contributed by atoms with E-state index in [4.69, 9.17) is 27.9 Å². The topological polar surface area (TPSA) is 47.7 Å². The van der Waals surface area contributed by atoms with Gasteiger partial charge in [0.25, 0.3) is 0 Å². The van der Waals surface area contributed by atoms with Gasteiger partial charge in [-0.1, -0.05) is 52.3 Å². The highest BCUT2D eigenvalue weighted by Crippen LogP contribution is 2.32. The molecule has 0 saturated carbocycles. The van der Waals surface area contributed by atoms with Gasteiger partial charge in [-0.2, -0.15) is 0 Å². The molecule has 4 nitrogen and oxygen atoms in total. The minimum Gasteiger partial charge on any atom is -0.600 e. The number of azo groups is 1. The smallest absolute Gasteiger partial charge is 0.238 e. The third-order valence-electron chi connectivity index (χ3n) is 3.25. The molecule has 1 aliphatic rings. The number of hydroxylamine groups is 1. The van der Waals surface area contributed by atoms with Gasteiger partial charge in [0, 0.05) is 20.7 Å². The van der Waals surface area contributed by atoms with Gasteiger partial charge in [-0.15, -0.1) is 0 Å². The van der Waals surface area contributed by atoms with Crippen LogP contribution in [0.25, 0.3) is 0 Å². The van der Waals surface area contributed by atoms with Gasteiger partial charge in [0.2, 0.25) is 12.8 Å². The monoisotopic (exact) mass is 322 g/mol. The molecule has 0 N–H and O–H groups in total. The first-order valence-electron chi connectivity index (χ1n) is 6.43. The second kappa shape index (κ2) is 6.02. The summed E-state index contributed by atoms with van der Waals surface area (Å²) >= 11 is 11.7. The summed E-state index contributed by atoms with van der Waals surface area (Å²) in [6.45, 7) is 0.158. The van der Waals surface area contributed by atoms with Gasteiger partial charge >= 0.3 is 0 Å². The second-order valence-electron chi connectivity index (χ2n) is 4.73. The van der Waals surface area contributed by atoms with E-state index < -0.39 is 6.23 Å². The molecule has 0 saturated heterocycles. The summed E-state index contributed by atoms with van der Waals surface area (Å²) in [5.41, 5.74) is 1.69. The molecule has 2 aromatic carbocycles. The number of benzene rings is 2. The minimum atomic E-state index is -0.630. The first-order valence-corrected chi connectivity index (χ1v) is 7.19. The molecule has 2 aromatic rings. The van der Waals surface area contributed by atoms with Crippen molar-refractivity contribution in [1.82, 2.24) is 0 Å². The SMILES string of the molecule is [O-][N+]1=N[C@@H](c2ccc(Cl)cc2)O[C@@H](c2ccc(Cl)cc2)C1. The van der Waals surface area contributed by atoms with Crippen molar-refractivity contribution < 1.29 is 9.60 Å². The lowest BCUT2D eigenvalue weighted by Gasteiger charge is -2.24. The normalized spacial score (nSPS) is 21.9. The van der Waals surface area contributed by atoms with E-state index in [9.17, 15) is 5.21 Å². The molecule has 108 valence electrons. The molecular formula is C15H12Cl2N2O2. The Kier molecular flexibility index (Phi) is 4.10. The highest BCUT2D eigenvalue weighted by molar-refractivity contribution is 6.30. The van der Waals surface area contributed by atoms with Gasteiger partial charge in [-0.3, -0.25) is 0 Å². The molecule has 0 aliphatic carbocycles. The molecule has 0 fully saturated rings. The summed E-state index contributed by atoms with van der Waals surface area (Å²) in [5.74, 6) is 0. The van der Waals surface area contributed by atoms with Crippen molar-refractivity contribution in [3.8, 4) is 0 Å². The van der Waals surface area contributed by atoms with Crippen LogP contribution in [0.5, 0.6) is 0 Å². The molecule has 1 aliphatic heterocycles. The lowest BCUT2D eigenvalue weighted by Crippen LogP contribution is -2.24. The van der Waals surface area contributed by atoms with Gasteiger partial charge < -0.3 is 9.94 Å². The highest BCUT2D eigenvalue weighted by atomic mass is 35.5. The molecule has 0 unspecified atom stereocenters.